The first kappa shape index (κ1) is 27.1. The van der Waals surface area contributed by atoms with Crippen LogP contribution in [0.2, 0.25) is 0 Å². The number of methoxy groups -OCH3 is 1. The molecule has 1 saturated heterocycles. The van der Waals surface area contributed by atoms with Crippen LogP contribution >= 0.6 is 0 Å². The zero-order chi connectivity index (χ0) is 28.7. The van der Waals surface area contributed by atoms with E-state index < -0.39 is 29.0 Å². The fourth-order valence-electron chi connectivity index (χ4n) is 5.04. The third-order valence-corrected chi connectivity index (χ3v) is 6.82. The van der Waals surface area contributed by atoms with Crippen LogP contribution in [0.25, 0.3) is 33.5 Å². The molecule has 4 aromatic rings. The molecule has 0 bridgehead atoms. The fourth-order valence-corrected chi connectivity index (χ4v) is 5.04. The lowest BCUT2D eigenvalue weighted by molar-refractivity contribution is 0.0472. The van der Waals surface area contributed by atoms with Crippen LogP contribution in [-0.2, 0) is 9.47 Å². The van der Waals surface area contributed by atoms with Gasteiger partial charge in [-0.2, -0.15) is 0 Å². The molecule has 2 aromatic heterocycles. The summed E-state index contributed by atoms with van der Waals surface area (Å²) in [5.74, 6) is -0.412. The van der Waals surface area contributed by atoms with Gasteiger partial charge in [-0.15, -0.1) is 0 Å². The minimum atomic E-state index is -0.620. The topological polar surface area (TPSA) is 109 Å². The molecule has 10 heteroatoms. The minimum absolute atomic E-state index is 0.236. The van der Waals surface area contributed by atoms with Crippen molar-refractivity contribution in [3.8, 4) is 22.5 Å². The molecule has 0 saturated carbocycles. The molecule has 1 fully saturated rings. The van der Waals surface area contributed by atoms with Crippen molar-refractivity contribution in [3.05, 3.63) is 66.2 Å². The maximum Gasteiger partial charge on any atom is 0.408 e. The Morgan fingerprint density at radius 2 is 1.88 bits per heavy atom. The lowest BCUT2D eigenvalue weighted by atomic mass is 9.99. The molecule has 9 nitrogen and oxygen atoms in total. The third-order valence-electron chi connectivity index (χ3n) is 6.82. The number of pyridine rings is 1. The van der Waals surface area contributed by atoms with E-state index in [1.165, 1.54) is 13.2 Å². The van der Waals surface area contributed by atoms with Crippen LogP contribution in [0.15, 0.2) is 54.9 Å². The molecule has 5 rings (SSSR count). The summed E-state index contributed by atoms with van der Waals surface area (Å²) in [7, 11) is 1.34. The maximum absolute atomic E-state index is 14.6. The molecule has 40 heavy (non-hydrogen) atoms. The van der Waals surface area contributed by atoms with Crippen LogP contribution in [0.4, 0.5) is 14.9 Å². The van der Waals surface area contributed by atoms with Crippen LogP contribution in [0.1, 0.15) is 44.5 Å². The van der Waals surface area contributed by atoms with E-state index >= 15 is 0 Å². The SMILES string of the molecule is COC(=O)c1cccc(-c2cncc(-c3nc4c(F)cccc4[nH]3)c2N2CCC(C)(NC(=O)OC(C)(C)C)C2)c1. The summed E-state index contributed by atoms with van der Waals surface area (Å²) in [5, 5.41) is 3.04. The number of amides is 1. The lowest BCUT2D eigenvalue weighted by Gasteiger charge is -2.30. The molecule has 0 radical (unpaired) electrons. The number of rotatable bonds is 5. The smallest absolute Gasteiger partial charge is 0.408 e. The molecular weight excluding hydrogens is 513 g/mol. The Balaban J connectivity index is 1.60. The molecule has 0 aliphatic carbocycles. The number of nitrogens with zero attached hydrogens (tertiary/aromatic N) is 3. The zero-order valence-electron chi connectivity index (χ0n) is 23.2. The number of para-hydroxylation sites is 1. The van der Waals surface area contributed by atoms with E-state index in [4.69, 9.17) is 9.47 Å². The van der Waals surface area contributed by atoms with Gasteiger partial charge >= 0.3 is 12.1 Å². The lowest BCUT2D eigenvalue weighted by Crippen LogP contribution is -2.49. The van der Waals surface area contributed by atoms with Gasteiger partial charge in [-0.05, 0) is 63.9 Å². The number of aromatic nitrogens is 3. The van der Waals surface area contributed by atoms with Crippen molar-refractivity contribution >= 4 is 28.8 Å². The summed E-state index contributed by atoms with van der Waals surface area (Å²) in [6, 6.07) is 11.9. The number of hydrogen-bond acceptors (Lipinski definition) is 7. The molecule has 2 N–H and O–H groups in total. The zero-order valence-corrected chi connectivity index (χ0v) is 23.2. The molecule has 1 aliphatic rings. The van der Waals surface area contributed by atoms with E-state index in [2.05, 4.69) is 25.2 Å². The van der Waals surface area contributed by atoms with Crippen LogP contribution in [0.3, 0.4) is 0 Å². The predicted octanol–water partition coefficient (Wildman–Crippen LogP) is 5.71. The number of hydrogen-bond donors (Lipinski definition) is 2. The number of halogens is 1. The summed E-state index contributed by atoms with van der Waals surface area (Å²) in [4.78, 5) is 39.4. The molecule has 3 heterocycles. The fraction of sp³-hybridized carbons (Fsp3) is 0.333. The van der Waals surface area contributed by atoms with Gasteiger partial charge in [0.05, 0.1) is 35.0 Å². The van der Waals surface area contributed by atoms with Crippen LogP contribution in [0, 0.1) is 5.82 Å². The van der Waals surface area contributed by atoms with E-state index in [-0.39, 0.29) is 5.52 Å². The molecule has 1 unspecified atom stereocenters. The number of nitrogens with one attached hydrogen (secondary N) is 2. The molecule has 1 aliphatic heterocycles. The van der Waals surface area contributed by atoms with Gasteiger partial charge < -0.3 is 24.7 Å². The van der Waals surface area contributed by atoms with Crippen molar-refractivity contribution in [1.29, 1.82) is 0 Å². The normalized spacial score (nSPS) is 17.2. The van der Waals surface area contributed by atoms with Crippen LogP contribution in [-0.4, -0.2) is 58.4 Å². The van der Waals surface area contributed by atoms with E-state index in [9.17, 15) is 14.0 Å². The monoisotopic (exact) mass is 545 g/mol. The number of H-pyrrole nitrogens is 1. The number of carbonyl (C=O) groups is 2. The summed E-state index contributed by atoms with van der Waals surface area (Å²) in [6.45, 7) is 8.53. The number of alkyl carbamates (subject to hydrolysis) is 1. The number of aromatic amines is 1. The first-order valence-corrected chi connectivity index (χ1v) is 13.0. The van der Waals surface area contributed by atoms with Gasteiger partial charge in [0.25, 0.3) is 0 Å². The quantitative estimate of drug-likeness (QED) is 0.309. The summed E-state index contributed by atoms with van der Waals surface area (Å²) in [5.41, 5.74) is 2.98. The van der Waals surface area contributed by atoms with Crippen molar-refractivity contribution in [2.45, 2.75) is 45.3 Å². The largest absolute Gasteiger partial charge is 0.465 e. The van der Waals surface area contributed by atoms with Gasteiger partial charge in [-0.1, -0.05) is 18.2 Å². The highest BCUT2D eigenvalue weighted by atomic mass is 19.1. The first-order valence-electron chi connectivity index (χ1n) is 13.0. The third kappa shape index (κ3) is 5.47. The Morgan fingerprint density at radius 1 is 1.12 bits per heavy atom. The molecule has 208 valence electrons. The summed E-state index contributed by atoms with van der Waals surface area (Å²) in [6.07, 6.45) is 3.60. The van der Waals surface area contributed by atoms with E-state index in [0.717, 1.165) is 16.8 Å². The van der Waals surface area contributed by atoms with E-state index in [1.54, 1.807) is 42.7 Å². The first-order chi connectivity index (χ1) is 19.0. The van der Waals surface area contributed by atoms with E-state index in [1.807, 2.05) is 33.8 Å². The van der Waals surface area contributed by atoms with Gasteiger partial charge in [0.1, 0.15) is 16.9 Å². The molecule has 0 spiro atoms. The van der Waals surface area contributed by atoms with Gasteiger partial charge in [0, 0.05) is 31.0 Å². The maximum atomic E-state index is 14.6. The van der Waals surface area contributed by atoms with Crippen molar-refractivity contribution in [2.75, 3.05) is 25.1 Å². The second-order valence-electron chi connectivity index (χ2n) is 11.2. The standard InChI is InChI=1S/C30H32FN5O4/c1-29(2,3)40-28(38)35-30(4)12-13-36(17-30)25-20(18-8-6-9-19(14-18)27(37)39-5)15-32-16-21(25)26-33-23-11-7-10-22(31)24(23)34-26/h6-11,14-16H,12-13,17H2,1-5H3,(H,33,34)(H,35,38). The highest BCUT2D eigenvalue weighted by Gasteiger charge is 2.38. The van der Waals surface area contributed by atoms with Crippen molar-refractivity contribution < 1.29 is 23.5 Å². The number of carbonyl (C=O) groups excluding carboxylic acids is 2. The highest BCUT2D eigenvalue weighted by molar-refractivity contribution is 5.95. The number of benzene rings is 2. The van der Waals surface area contributed by atoms with Crippen molar-refractivity contribution in [2.24, 2.45) is 0 Å². The Hall–Kier alpha value is -4.47. The van der Waals surface area contributed by atoms with Gasteiger partial charge in [0.2, 0.25) is 0 Å². The Labute approximate surface area is 231 Å². The van der Waals surface area contributed by atoms with Crippen LogP contribution in [0.5, 0.6) is 0 Å². The van der Waals surface area contributed by atoms with E-state index in [0.29, 0.717) is 42.0 Å². The second kappa shape index (κ2) is 10.3. The Morgan fingerprint density at radius 3 is 2.60 bits per heavy atom. The van der Waals surface area contributed by atoms with Crippen molar-refractivity contribution in [3.63, 3.8) is 0 Å². The molecule has 1 atom stereocenters. The number of esters is 1. The average molecular weight is 546 g/mol. The number of ether oxygens (including phenoxy) is 2. The predicted molar refractivity (Wildman–Crippen MR) is 151 cm³/mol. The van der Waals surface area contributed by atoms with Crippen molar-refractivity contribution in [1.82, 2.24) is 20.3 Å². The summed E-state index contributed by atoms with van der Waals surface area (Å²) >= 11 is 0. The highest BCUT2D eigenvalue weighted by Crippen LogP contribution is 2.41. The average Bonchev–Trinajstić information content (AvgIpc) is 3.51. The number of imidazole rings is 1. The number of fused-ring (bicyclic) bond motifs is 1. The summed E-state index contributed by atoms with van der Waals surface area (Å²) < 4.78 is 25.0. The molecule has 2 aromatic carbocycles. The Bertz CT molecular complexity index is 1590. The Kier molecular flexibility index (Phi) is 6.95. The van der Waals surface area contributed by atoms with Crippen LogP contribution < -0.4 is 10.2 Å². The second-order valence-corrected chi connectivity index (χ2v) is 11.2. The molecule has 1 amide bonds. The van der Waals surface area contributed by atoms with Gasteiger partial charge in [-0.3, -0.25) is 4.98 Å². The molecular formula is C30H32FN5O4. The van der Waals surface area contributed by atoms with Gasteiger partial charge in [0.15, 0.2) is 5.82 Å². The minimum Gasteiger partial charge on any atom is -0.465 e. The number of anilines is 1. The van der Waals surface area contributed by atoms with Gasteiger partial charge in [-0.25, -0.2) is 19.0 Å².